The van der Waals surface area contributed by atoms with Crippen LogP contribution in [0.1, 0.15) is 49.8 Å². The highest BCUT2D eigenvalue weighted by Gasteiger charge is 2.25. The van der Waals surface area contributed by atoms with Gasteiger partial charge in [0.2, 0.25) is 15.9 Å². The van der Waals surface area contributed by atoms with Gasteiger partial charge in [-0.2, -0.15) is 4.31 Å². The molecule has 1 fully saturated rings. The first-order chi connectivity index (χ1) is 16.2. The molecule has 0 spiro atoms. The van der Waals surface area contributed by atoms with Crippen molar-refractivity contribution in [2.75, 3.05) is 18.4 Å². The van der Waals surface area contributed by atoms with Crippen LogP contribution >= 0.6 is 0 Å². The van der Waals surface area contributed by atoms with Crippen molar-refractivity contribution in [2.45, 2.75) is 57.4 Å². The van der Waals surface area contributed by atoms with E-state index >= 15 is 0 Å². The second kappa shape index (κ2) is 9.72. The SMILES string of the molecule is Cc1cc(=O)n(C(C)C(=O)Nc2ccc(S(=O)(=O)N3CCCCCC3)cc2)c2c(C)cccc12. The zero-order valence-electron chi connectivity index (χ0n) is 19.9. The standard InChI is InChI=1S/C26H31N3O4S/c1-18-9-8-10-23-19(2)17-24(30)29(25(18)23)20(3)26(31)27-21-11-13-22(14-12-21)34(32,33)28-15-6-4-5-7-16-28/h8-14,17,20H,4-7,15-16H2,1-3H3,(H,27,31). The van der Waals surface area contributed by atoms with Crippen LogP contribution < -0.4 is 10.9 Å². The lowest BCUT2D eigenvalue weighted by atomic mass is 10.1. The van der Waals surface area contributed by atoms with Crippen molar-refractivity contribution < 1.29 is 13.2 Å². The summed E-state index contributed by atoms with van der Waals surface area (Å²) >= 11 is 0. The average molecular weight is 482 g/mol. The van der Waals surface area contributed by atoms with Crippen LogP contribution in [0, 0.1) is 13.8 Å². The van der Waals surface area contributed by atoms with Crippen molar-refractivity contribution in [1.29, 1.82) is 0 Å². The van der Waals surface area contributed by atoms with Crippen molar-refractivity contribution in [3.8, 4) is 0 Å². The number of fused-ring (bicyclic) bond motifs is 1. The molecule has 7 nitrogen and oxygen atoms in total. The van der Waals surface area contributed by atoms with Crippen molar-refractivity contribution >= 4 is 32.5 Å². The summed E-state index contributed by atoms with van der Waals surface area (Å²) < 4.78 is 29.0. The summed E-state index contributed by atoms with van der Waals surface area (Å²) in [7, 11) is -3.55. The quantitative estimate of drug-likeness (QED) is 0.586. The maximum atomic E-state index is 13.1. The molecule has 1 unspecified atom stereocenters. The number of rotatable bonds is 5. The molecule has 1 aliphatic rings. The molecule has 2 heterocycles. The van der Waals surface area contributed by atoms with Gasteiger partial charge in [-0.05, 0) is 69.0 Å². The lowest BCUT2D eigenvalue weighted by Crippen LogP contribution is -2.32. The number of hydrogen-bond donors (Lipinski definition) is 1. The molecule has 3 aromatic rings. The third kappa shape index (κ3) is 4.65. The molecule has 8 heteroatoms. The number of nitrogens with one attached hydrogen (secondary N) is 1. The monoisotopic (exact) mass is 481 g/mol. The van der Waals surface area contributed by atoms with Crippen molar-refractivity contribution in [2.24, 2.45) is 0 Å². The van der Waals surface area contributed by atoms with Crippen LogP contribution in [0.25, 0.3) is 10.9 Å². The van der Waals surface area contributed by atoms with Gasteiger partial charge >= 0.3 is 0 Å². The first-order valence-corrected chi connectivity index (χ1v) is 13.2. The number of amides is 1. The summed E-state index contributed by atoms with van der Waals surface area (Å²) in [6.07, 6.45) is 3.84. The fraction of sp³-hybridized carbons (Fsp3) is 0.385. The predicted octanol–water partition coefficient (Wildman–Crippen LogP) is 4.38. The zero-order chi connectivity index (χ0) is 24.5. The Balaban J connectivity index is 1.57. The number of aryl methyl sites for hydroxylation is 2. The van der Waals surface area contributed by atoms with Gasteiger partial charge in [0.15, 0.2) is 0 Å². The van der Waals surface area contributed by atoms with E-state index in [1.165, 1.54) is 16.7 Å². The molecule has 180 valence electrons. The smallest absolute Gasteiger partial charge is 0.252 e. The van der Waals surface area contributed by atoms with Crippen LogP contribution in [-0.2, 0) is 14.8 Å². The highest BCUT2D eigenvalue weighted by Crippen LogP contribution is 2.25. The van der Waals surface area contributed by atoms with E-state index in [-0.39, 0.29) is 16.4 Å². The van der Waals surface area contributed by atoms with Crippen LogP contribution in [0.2, 0.25) is 0 Å². The number of carbonyl (C=O) groups excluding carboxylic acids is 1. The normalized spacial score (nSPS) is 16.2. The van der Waals surface area contributed by atoms with Crippen molar-refractivity contribution in [3.05, 3.63) is 70.0 Å². The van der Waals surface area contributed by atoms with Gasteiger partial charge in [0.1, 0.15) is 6.04 Å². The molecule has 1 amide bonds. The topological polar surface area (TPSA) is 88.5 Å². The van der Waals surface area contributed by atoms with Gasteiger partial charge in [0, 0.05) is 30.2 Å². The van der Waals surface area contributed by atoms with Gasteiger partial charge < -0.3 is 5.32 Å². The number of benzene rings is 2. The maximum Gasteiger partial charge on any atom is 0.252 e. The Morgan fingerprint density at radius 2 is 1.59 bits per heavy atom. The van der Waals surface area contributed by atoms with E-state index in [1.807, 2.05) is 32.0 Å². The summed E-state index contributed by atoms with van der Waals surface area (Å²) in [5.74, 6) is -0.348. The molecular formula is C26H31N3O4S. The van der Waals surface area contributed by atoms with Crippen LogP contribution in [0.5, 0.6) is 0 Å². The minimum atomic E-state index is -3.55. The summed E-state index contributed by atoms with van der Waals surface area (Å²) in [5.41, 5.74) is 2.78. The molecule has 2 aromatic carbocycles. The molecule has 1 atom stereocenters. The highest BCUT2D eigenvalue weighted by molar-refractivity contribution is 7.89. The summed E-state index contributed by atoms with van der Waals surface area (Å²) in [6, 6.07) is 12.8. The Labute approximate surface area is 200 Å². The van der Waals surface area contributed by atoms with Crippen molar-refractivity contribution in [3.63, 3.8) is 0 Å². The van der Waals surface area contributed by atoms with E-state index in [1.54, 1.807) is 29.4 Å². The Bertz CT molecular complexity index is 1370. The molecule has 1 aromatic heterocycles. The van der Waals surface area contributed by atoms with Gasteiger partial charge in [-0.25, -0.2) is 8.42 Å². The number of hydrogen-bond acceptors (Lipinski definition) is 4. The molecule has 34 heavy (non-hydrogen) atoms. The number of anilines is 1. The van der Waals surface area contributed by atoms with E-state index in [0.29, 0.717) is 18.8 Å². The molecule has 4 rings (SSSR count). The second-order valence-corrected chi connectivity index (χ2v) is 11.0. The molecule has 0 aliphatic carbocycles. The Morgan fingerprint density at radius 1 is 0.941 bits per heavy atom. The first-order valence-electron chi connectivity index (χ1n) is 11.7. The Hall–Kier alpha value is -2.97. The van der Waals surface area contributed by atoms with Crippen molar-refractivity contribution in [1.82, 2.24) is 8.87 Å². The predicted molar refractivity (Wildman–Crippen MR) is 135 cm³/mol. The highest BCUT2D eigenvalue weighted by atomic mass is 32.2. The molecule has 0 saturated carbocycles. The summed E-state index contributed by atoms with van der Waals surface area (Å²) in [5, 5.41) is 3.76. The molecule has 0 radical (unpaired) electrons. The number of carbonyl (C=O) groups is 1. The Morgan fingerprint density at radius 3 is 2.24 bits per heavy atom. The maximum absolute atomic E-state index is 13.1. The van der Waals surface area contributed by atoms with Crippen LogP contribution in [-0.4, -0.2) is 36.3 Å². The van der Waals surface area contributed by atoms with E-state index in [4.69, 9.17) is 0 Å². The van der Waals surface area contributed by atoms with Gasteiger partial charge in [-0.1, -0.05) is 31.0 Å². The zero-order valence-corrected chi connectivity index (χ0v) is 20.7. The van der Waals surface area contributed by atoms with Crippen LogP contribution in [0.15, 0.2) is 58.2 Å². The summed E-state index contributed by atoms with van der Waals surface area (Å²) in [6.45, 7) is 6.58. The average Bonchev–Trinajstić information content (AvgIpc) is 3.10. The van der Waals surface area contributed by atoms with Crippen LogP contribution in [0.3, 0.4) is 0 Å². The first kappa shape index (κ1) is 24.2. The fourth-order valence-corrected chi connectivity index (χ4v) is 6.15. The third-order valence-electron chi connectivity index (χ3n) is 6.57. The lowest BCUT2D eigenvalue weighted by Gasteiger charge is -2.21. The minimum Gasteiger partial charge on any atom is -0.324 e. The van der Waals surface area contributed by atoms with Gasteiger partial charge in [-0.3, -0.25) is 14.2 Å². The van der Waals surface area contributed by atoms with E-state index in [2.05, 4.69) is 5.32 Å². The Kier molecular flexibility index (Phi) is 6.91. The van der Waals surface area contributed by atoms with Gasteiger partial charge in [0.05, 0.1) is 10.4 Å². The largest absolute Gasteiger partial charge is 0.324 e. The second-order valence-electron chi connectivity index (χ2n) is 9.01. The molecular weight excluding hydrogens is 450 g/mol. The summed E-state index contributed by atoms with van der Waals surface area (Å²) in [4.78, 5) is 26.1. The van der Waals surface area contributed by atoms with E-state index in [9.17, 15) is 18.0 Å². The van der Waals surface area contributed by atoms with Gasteiger partial charge in [-0.15, -0.1) is 0 Å². The minimum absolute atomic E-state index is 0.219. The molecule has 1 saturated heterocycles. The van der Waals surface area contributed by atoms with Gasteiger partial charge in [0.25, 0.3) is 5.56 Å². The molecule has 1 N–H and O–H groups in total. The number of pyridine rings is 1. The third-order valence-corrected chi connectivity index (χ3v) is 8.49. The van der Waals surface area contributed by atoms with E-state index < -0.39 is 16.1 Å². The number of para-hydroxylation sites is 1. The molecule has 0 bridgehead atoms. The molecule has 1 aliphatic heterocycles. The lowest BCUT2D eigenvalue weighted by molar-refractivity contribution is -0.118. The van der Waals surface area contributed by atoms with E-state index in [0.717, 1.165) is 47.7 Å². The number of sulfonamides is 1. The van der Waals surface area contributed by atoms with Crippen LogP contribution in [0.4, 0.5) is 5.69 Å². The number of aromatic nitrogens is 1. The number of nitrogens with zero attached hydrogens (tertiary/aromatic N) is 2. The fourth-order valence-electron chi connectivity index (χ4n) is 4.63.